The van der Waals surface area contributed by atoms with Gasteiger partial charge in [0.05, 0.1) is 11.8 Å². The van der Waals surface area contributed by atoms with Crippen molar-refractivity contribution in [3.8, 4) is 11.4 Å². The van der Waals surface area contributed by atoms with Gasteiger partial charge in [-0.15, -0.1) is 5.10 Å². The number of hydrogen-bond donors (Lipinski definition) is 1. The van der Waals surface area contributed by atoms with Gasteiger partial charge in [-0.25, -0.2) is 4.39 Å². The Bertz CT molecular complexity index is 826. The van der Waals surface area contributed by atoms with Crippen LogP contribution in [0.5, 0.6) is 5.75 Å². The van der Waals surface area contributed by atoms with Crippen LogP contribution in [0.1, 0.15) is 5.56 Å². The van der Waals surface area contributed by atoms with Gasteiger partial charge in [-0.2, -0.15) is 4.68 Å². The van der Waals surface area contributed by atoms with E-state index in [9.17, 15) is 9.50 Å². The first kappa shape index (κ1) is 17.4. The van der Waals surface area contributed by atoms with E-state index >= 15 is 0 Å². The number of aliphatic hydroxyl groups excluding tert-OH is 1. The number of tetrazole rings is 1. The lowest BCUT2D eigenvalue weighted by Crippen LogP contribution is -2.20. The van der Waals surface area contributed by atoms with Crippen LogP contribution in [0.2, 0.25) is 0 Å². The van der Waals surface area contributed by atoms with Gasteiger partial charge in [-0.3, -0.25) is 0 Å². The molecule has 0 bridgehead atoms. The molecular formula is C17H17FN4O2S. The number of thioether (sulfide) groups is 1. The Kier molecular flexibility index (Phi) is 5.62. The van der Waals surface area contributed by atoms with Crippen LogP contribution in [-0.4, -0.2) is 43.8 Å². The quantitative estimate of drug-likeness (QED) is 0.653. The summed E-state index contributed by atoms with van der Waals surface area (Å²) in [5.41, 5.74) is 1.97. The molecule has 0 aliphatic heterocycles. The predicted octanol–water partition coefficient (Wildman–Crippen LogP) is 2.64. The topological polar surface area (TPSA) is 73.1 Å². The van der Waals surface area contributed by atoms with Crippen LogP contribution in [0.3, 0.4) is 0 Å². The van der Waals surface area contributed by atoms with Crippen LogP contribution in [0, 0.1) is 12.7 Å². The molecule has 0 fully saturated rings. The Morgan fingerprint density at radius 3 is 2.80 bits per heavy atom. The summed E-state index contributed by atoms with van der Waals surface area (Å²) in [4.78, 5) is 0. The third-order valence-electron chi connectivity index (χ3n) is 3.35. The second kappa shape index (κ2) is 8.09. The van der Waals surface area contributed by atoms with Gasteiger partial charge in [0, 0.05) is 5.75 Å². The molecule has 0 radical (unpaired) electrons. The van der Waals surface area contributed by atoms with Crippen molar-refractivity contribution in [1.82, 2.24) is 20.2 Å². The van der Waals surface area contributed by atoms with Crippen molar-refractivity contribution in [3.05, 3.63) is 59.9 Å². The molecule has 0 aliphatic rings. The molecule has 2 aromatic carbocycles. The lowest BCUT2D eigenvalue weighted by atomic mass is 10.2. The Morgan fingerprint density at radius 1 is 1.24 bits per heavy atom. The monoisotopic (exact) mass is 360 g/mol. The third kappa shape index (κ3) is 4.77. The van der Waals surface area contributed by atoms with Crippen LogP contribution >= 0.6 is 11.8 Å². The van der Waals surface area contributed by atoms with E-state index < -0.39 is 6.10 Å². The molecule has 1 heterocycles. The SMILES string of the molecule is Cc1cccc(-n2nnnc2SCC(O)COc2ccc(F)cc2)c1. The molecule has 0 saturated heterocycles. The van der Waals surface area contributed by atoms with Crippen LogP contribution in [0.15, 0.2) is 53.7 Å². The van der Waals surface area contributed by atoms with Gasteiger partial charge in [-0.1, -0.05) is 23.9 Å². The molecule has 0 saturated carbocycles. The fourth-order valence-corrected chi connectivity index (χ4v) is 2.93. The zero-order chi connectivity index (χ0) is 17.6. The van der Waals surface area contributed by atoms with Gasteiger partial charge in [0.2, 0.25) is 5.16 Å². The largest absolute Gasteiger partial charge is 0.491 e. The van der Waals surface area contributed by atoms with E-state index in [4.69, 9.17) is 4.74 Å². The number of aliphatic hydroxyl groups is 1. The van der Waals surface area contributed by atoms with Crippen molar-refractivity contribution >= 4 is 11.8 Å². The van der Waals surface area contributed by atoms with Crippen molar-refractivity contribution in [2.75, 3.05) is 12.4 Å². The number of hydrogen-bond acceptors (Lipinski definition) is 6. The number of ether oxygens (including phenoxy) is 1. The van der Waals surface area contributed by atoms with E-state index in [0.717, 1.165) is 11.3 Å². The standard InChI is InChI=1S/C17H17FN4O2S/c1-12-3-2-4-14(9-12)22-17(19-20-21-22)25-11-15(23)10-24-16-7-5-13(18)6-8-16/h2-9,15,23H,10-11H2,1H3. The first-order valence-corrected chi connectivity index (χ1v) is 8.65. The van der Waals surface area contributed by atoms with E-state index in [1.54, 1.807) is 4.68 Å². The highest BCUT2D eigenvalue weighted by molar-refractivity contribution is 7.99. The second-order valence-electron chi connectivity index (χ2n) is 5.44. The lowest BCUT2D eigenvalue weighted by molar-refractivity contribution is 0.126. The summed E-state index contributed by atoms with van der Waals surface area (Å²) in [6.07, 6.45) is -0.710. The van der Waals surface area contributed by atoms with Crippen LogP contribution < -0.4 is 4.74 Å². The molecule has 8 heteroatoms. The zero-order valence-electron chi connectivity index (χ0n) is 13.5. The summed E-state index contributed by atoms with van der Waals surface area (Å²) in [5, 5.41) is 22.3. The van der Waals surface area contributed by atoms with Crippen molar-refractivity contribution < 1.29 is 14.2 Å². The number of aryl methyl sites for hydroxylation is 1. The van der Waals surface area contributed by atoms with Gasteiger partial charge >= 0.3 is 0 Å². The minimum Gasteiger partial charge on any atom is -0.491 e. The lowest BCUT2D eigenvalue weighted by Gasteiger charge is -2.12. The molecule has 0 aliphatic carbocycles. The van der Waals surface area contributed by atoms with Gasteiger partial charge in [0.25, 0.3) is 0 Å². The molecule has 130 valence electrons. The molecule has 0 spiro atoms. The Balaban J connectivity index is 1.55. The highest BCUT2D eigenvalue weighted by Gasteiger charge is 2.13. The number of benzene rings is 2. The summed E-state index contributed by atoms with van der Waals surface area (Å²) in [6.45, 7) is 2.10. The molecule has 1 unspecified atom stereocenters. The average Bonchev–Trinajstić information content (AvgIpc) is 3.08. The highest BCUT2D eigenvalue weighted by Crippen LogP contribution is 2.20. The Hall–Kier alpha value is -2.45. The minimum absolute atomic E-state index is 0.102. The summed E-state index contributed by atoms with van der Waals surface area (Å²) >= 11 is 1.34. The number of halogens is 1. The average molecular weight is 360 g/mol. The predicted molar refractivity (Wildman–Crippen MR) is 92.5 cm³/mol. The fourth-order valence-electron chi connectivity index (χ4n) is 2.13. The molecule has 1 N–H and O–H groups in total. The van der Waals surface area contributed by atoms with E-state index in [2.05, 4.69) is 15.5 Å². The normalized spacial score (nSPS) is 12.1. The first-order valence-electron chi connectivity index (χ1n) is 7.66. The number of nitrogens with zero attached hydrogens (tertiary/aromatic N) is 4. The molecule has 3 rings (SSSR count). The van der Waals surface area contributed by atoms with E-state index in [-0.39, 0.29) is 12.4 Å². The van der Waals surface area contributed by atoms with E-state index in [1.807, 2.05) is 31.2 Å². The number of aromatic nitrogens is 4. The Labute approximate surface area is 148 Å². The first-order chi connectivity index (χ1) is 12.1. The fraction of sp³-hybridized carbons (Fsp3) is 0.235. The smallest absolute Gasteiger partial charge is 0.214 e. The highest BCUT2D eigenvalue weighted by atomic mass is 32.2. The molecule has 3 aromatic rings. The maximum absolute atomic E-state index is 12.8. The molecule has 1 atom stereocenters. The van der Waals surface area contributed by atoms with Crippen molar-refractivity contribution in [1.29, 1.82) is 0 Å². The summed E-state index contributed by atoms with van der Waals surface area (Å²) in [7, 11) is 0. The van der Waals surface area contributed by atoms with Gasteiger partial charge in [0.1, 0.15) is 18.2 Å². The van der Waals surface area contributed by atoms with E-state index in [1.165, 1.54) is 36.0 Å². The van der Waals surface area contributed by atoms with E-state index in [0.29, 0.717) is 16.7 Å². The summed E-state index contributed by atoms with van der Waals surface area (Å²) in [6, 6.07) is 13.5. The van der Waals surface area contributed by atoms with Crippen LogP contribution in [0.4, 0.5) is 4.39 Å². The molecule has 0 amide bonds. The van der Waals surface area contributed by atoms with Crippen LogP contribution in [0.25, 0.3) is 5.69 Å². The second-order valence-corrected chi connectivity index (χ2v) is 6.43. The maximum atomic E-state index is 12.8. The minimum atomic E-state index is -0.710. The van der Waals surface area contributed by atoms with Gasteiger partial charge < -0.3 is 9.84 Å². The van der Waals surface area contributed by atoms with Crippen molar-refractivity contribution in [2.24, 2.45) is 0 Å². The summed E-state index contributed by atoms with van der Waals surface area (Å²) in [5.74, 6) is 0.550. The summed E-state index contributed by atoms with van der Waals surface area (Å²) < 4.78 is 19.9. The van der Waals surface area contributed by atoms with Crippen molar-refractivity contribution in [2.45, 2.75) is 18.2 Å². The van der Waals surface area contributed by atoms with Gasteiger partial charge in [-0.05, 0) is 59.3 Å². The molecule has 6 nitrogen and oxygen atoms in total. The van der Waals surface area contributed by atoms with Crippen LogP contribution in [-0.2, 0) is 0 Å². The molecule has 1 aromatic heterocycles. The van der Waals surface area contributed by atoms with Crippen molar-refractivity contribution in [3.63, 3.8) is 0 Å². The molecular weight excluding hydrogens is 343 g/mol. The maximum Gasteiger partial charge on any atom is 0.214 e. The Morgan fingerprint density at radius 2 is 2.04 bits per heavy atom. The zero-order valence-corrected chi connectivity index (χ0v) is 14.4. The third-order valence-corrected chi connectivity index (χ3v) is 4.41. The molecule has 25 heavy (non-hydrogen) atoms. The number of rotatable bonds is 7. The van der Waals surface area contributed by atoms with Gasteiger partial charge in [0.15, 0.2) is 0 Å².